The third-order valence-corrected chi connectivity index (χ3v) is 6.58. The Kier molecular flexibility index (Phi) is 5.57. The molecule has 0 atom stereocenters. The summed E-state index contributed by atoms with van der Waals surface area (Å²) in [4.78, 5) is 15.3. The highest BCUT2D eigenvalue weighted by Crippen LogP contribution is 2.20. The average molecular weight is 355 g/mol. The Morgan fingerprint density at radius 3 is 2.50 bits per heavy atom. The minimum atomic E-state index is -3.57. The van der Waals surface area contributed by atoms with Crippen molar-refractivity contribution in [3.05, 3.63) is 18.0 Å². The minimum Gasteiger partial charge on any atom is -0.379 e. The quantitative estimate of drug-likeness (QED) is 0.801. The fourth-order valence-electron chi connectivity index (χ4n) is 3.28. The highest BCUT2D eigenvalue weighted by Gasteiger charge is 2.28. The Morgan fingerprint density at radius 2 is 1.83 bits per heavy atom. The molecule has 3 rings (SSSR count). The van der Waals surface area contributed by atoms with E-state index >= 15 is 0 Å². The molecule has 24 heavy (non-hydrogen) atoms. The molecular weight excluding hydrogens is 330 g/mol. The molecule has 8 heteroatoms. The number of nitrogens with one attached hydrogen (secondary N) is 2. The van der Waals surface area contributed by atoms with Gasteiger partial charge >= 0.3 is 0 Å². The molecule has 1 aliphatic carbocycles. The first-order valence-corrected chi connectivity index (χ1v) is 10.1. The van der Waals surface area contributed by atoms with Gasteiger partial charge in [0.05, 0.1) is 13.2 Å². The van der Waals surface area contributed by atoms with Crippen LogP contribution in [-0.2, 0) is 14.8 Å². The maximum Gasteiger partial charge on any atom is 0.267 e. The Hall–Kier alpha value is -1.38. The van der Waals surface area contributed by atoms with Gasteiger partial charge in [-0.2, -0.15) is 4.31 Å². The third kappa shape index (κ3) is 3.99. The molecule has 2 fully saturated rings. The Balaban J connectivity index is 1.66. The van der Waals surface area contributed by atoms with Crippen LogP contribution in [0.1, 0.15) is 49.0 Å². The minimum absolute atomic E-state index is 0.135. The van der Waals surface area contributed by atoms with Gasteiger partial charge in [0.15, 0.2) is 0 Å². The predicted molar refractivity (Wildman–Crippen MR) is 89.3 cm³/mol. The highest BCUT2D eigenvalue weighted by atomic mass is 32.2. The molecule has 1 aromatic heterocycles. The second-order valence-electron chi connectivity index (χ2n) is 6.43. The molecule has 134 valence electrons. The number of nitrogens with zero attached hydrogens (tertiary/aromatic N) is 1. The van der Waals surface area contributed by atoms with Crippen LogP contribution >= 0.6 is 0 Å². The van der Waals surface area contributed by atoms with Crippen molar-refractivity contribution in [2.24, 2.45) is 0 Å². The topological polar surface area (TPSA) is 91.5 Å². The van der Waals surface area contributed by atoms with Crippen molar-refractivity contribution in [1.82, 2.24) is 14.6 Å². The van der Waals surface area contributed by atoms with Gasteiger partial charge in [0, 0.05) is 25.3 Å². The zero-order valence-corrected chi connectivity index (χ0v) is 14.6. The first-order valence-electron chi connectivity index (χ1n) is 8.64. The molecule has 2 aliphatic rings. The largest absolute Gasteiger partial charge is 0.379 e. The number of sulfonamides is 1. The number of hydrogen-bond donors (Lipinski definition) is 2. The van der Waals surface area contributed by atoms with Crippen LogP contribution in [0.25, 0.3) is 0 Å². The Morgan fingerprint density at radius 1 is 1.17 bits per heavy atom. The maximum atomic E-state index is 12.6. The van der Waals surface area contributed by atoms with E-state index in [-0.39, 0.29) is 16.8 Å². The van der Waals surface area contributed by atoms with Crippen LogP contribution in [0.5, 0.6) is 0 Å². The van der Waals surface area contributed by atoms with Crippen molar-refractivity contribution in [3.8, 4) is 0 Å². The number of aromatic nitrogens is 1. The molecular formula is C16H25N3O4S. The van der Waals surface area contributed by atoms with Crippen LogP contribution in [0.4, 0.5) is 0 Å². The lowest BCUT2D eigenvalue weighted by Crippen LogP contribution is -2.40. The summed E-state index contributed by atoms with van der Waals surface area (Å²) < 4.78 is 31.7. The number of aromatic amines is 1. The van der Waals surface area contributed by atoms with E-state index in [1.54, 1.807) is 0 Å². The van der Waals surface area contributed by atoms with Crippen molar-refractivity contribution in [3.63, 3.8) is 0 Å². The smallest absolute Gasteiger partial charge is 0.267 e. The van der Waals surface area contributed by atoms with Crippen molar-refractivity contribution in [2.45, 2.75) is 49.5 Å². The van der Waals surface area contributed by atoms with E-state index in [9.17, 15) is 13.2 Å². The molecule has 1 aliphatic heterocycles. The van der Waals surface area contributed by atoms with Crippen molar-refractivity contribution < 1.29 is 17.9 Å². The molecule has 2 N–H and O–H groups in total. The third-order valence-electron chi connectivity index (χ3n) is 4.70. The van der Waals surface area contributed by atoms with Crippen molar-refractivity contribution in [1.29, 1.82) is 0 Å². The summed E-state index contributed by atoms with van der Waals surface area (Å²) >= 11 is 0. The number of carbonyl (C=O) groups excluding carboxylic acids is 1. The summed E-state index contributed by atoms with van der Waals surface area (Å²) in [5.74, 6) is -0.231. The summed E-state index contributed by atoms with van der Waals surface area (Å²) in [6.45, 7) is 1.49. The fourth-order valence-corrected chi connectivity index (χ4v) is 4.68. The highest BCUT2D eigenvalue weighted by molar-refractivity contribution is 7.89. The monoisotopic (exact) mass is 355 g/mol. The van der Waals surface area contributed by atoms with Gasteiger partial charge in [-0.25, -0.2) is 8.42 Å². The first-order chi connectivity index (χ1) is 11.6. The summed E-state index contributed by atoms with van der Waals surface area (Å²) in [5.41, 5.74) is 0.297. The van der Waals surface area contributed by atoms with E-state index in [2.05, 4.69) is 10.3 Å². The van der Waals surface area contributed by atoms with Crippen LogP contribution in [-0.4, -0.2) is 56.0 Å². The summed E-state index contributed by atoms with van der Waals surface area (Å²) in [7, 11) is -3.57. The van der Waals surface area contributed by atoms with Gasteiger partial charge in [0.1, 0.15) is 10.6 Å². The fraction of sp³-hybridized carbons (Fsp3) is 0.688. The van der Waals surface area contributed by atoms with E-state index in [0.717, 1.165) is 25.7 Å². The number of rotatable bonds is 4. The summed E-state index contributed by atoms with van der Waals surface area (Å²) in [5, 5.41) is 3.02. The summed E-state index contributed by atoms with van der Waals surface area (Å²) in [6.07, 6.45) is 8.08. The number of morpholine rings is 1. The van der Waals surface area contributed by atoms with Crippen LogP contribution in [0.15, 0.2) is 17.2 Å². The van der Waals surface area contributed by atoms with E-state index in [4.69, 9.17) is 4.74 Å². The first kappa shape index (κ1) is 17.4. The van der Waals surface area contributed by atoms with Crippen LogP contribution < -0.4 is 5.32 Å². The number of amides is 1. The van der Waals surface area contributed by atoms with Gasteiger partial charge in [-0.05, 0) is 18.9 Å². The zero-order chi connectivity index (χ0) is 17.0. The zero-order valence-electron chi connectivity index (χ0n) is 13.8. The normalized spacial score (nSPS) is 21.3. The standard InChI is InChI=1S/C16H25N3O4S/c20-16(18-13-5-3-1-2-4-6-13)15-11-14(12-17-15)24(21,22)19-7-9-23-10-8-19/h11-13,17H,1-10H2,(H,18,20). The molecule has 1 aromatic rings. The van der Waals surface area contributed by atoms with Crippen LogP contribution in [0, 0.1) is 0 Å². The summed E-state index contributed by atoms with van der Waals surface area (Å²) in [6, 6.07) is 1.61. The lowest BCUT2D eigenvalue weighted by molar-refractivity contribution is 0.0730. The molecule has 1 amide bonds. The number of ether oxygens (including phenoxy) is 1. The van der Waals surface area contributed by atoms with Gasteiger partial charge in [0.2, 0.25) is 10.0 Å². The Bertz CT molecular complexity index is 657. The molecule has 0 bridgehead atoms. The molecule has 1 saturated carbocycles. The molecule has 0 aromatic carbocycles. The van der Waals surface area contributed by atoms with E-state index in [1.165, 1.54) is 29.4 Å². The van der Waals surface area contributed by atoms with Gasteiger partial charge in [-0.3, -0.25) is 4.79 Å². The van der Waals surface area contributed by atoms with E-state index < -0.39 is 10.0 Å². The van der Waals surface area contributed by atoms with E-state index in [0.29, 0.717) is 32.0 Å². The molecule has 0 radical (unpaired) electrons. The van der Waals surface area contributed by atoms with Gasteiger partial charge in [-0.1, -0.05) is 25.7 Å². The maximum absolute atomic E-state index is 12.6. The molecule has 0 spiro atoms. The van der Waals surface area contributed by atoms with Gasteiger partial charge < -0.3 is 15.0 Å². The SMILES string of the molecule is O=C(NC1CCCCCC1)c1cc(S(=O)(=O)N2CCOCC2)c[nH]1. The second kappa shape index (κ2) is 7.67. The lowest BCUT2D eigenvalue weighted by Gasteiger charge is -2.25. The van der Waals surface area contributed by atoms with E-state index in [1.807, 2.05) is 0 Å². The van der Waals surface area contributed by atoms with Crippen molar-refractivity contribution >= 4 is 15.9 Å². The molecule has 2 heterocycles. The number of hydrogen-bond acceptors (Lipinski definition) is 4. The Labute approximate surface area is 142 Å². The predicted octanol–water partition coefficient (Wildman–Crippen LogP) is 1.49. The van der Waals surface area contributed by atoms with Crippen LogP contribution in [0.2, 0.25) is 0 Å². The lowest BCUT2D eigenvalue weighted by atomic mass is 10.1. The van der Waals surface area contributed by atoms with Gasteiger partial charge in [0.25, 0.3) is 5.91 Å². The second-order valence-corrected chi connectivity index (χ2v) is 8.37. The van der Waals surface area contributed by atoms with Crippen molar-refractivity contribution in [2.75, 3.05) is 26.3 Å². The average Bonchev–Trinajstić information content (AvgIpc) is 2.97. The molecule has 7 nitrogen and oxygen atoms in total. The number of carbonyl (C=O) groups is 1. The molecule has 0 unspecified atom stereocenters. The van der Waals surface area contributed by atoms with Crippen LogP contribution in [0.3, 0.4) is 0 Å². The number of H-pyrrole nitrogens is 1. The molecule has 1 saturated heterocycles. The van der Waals surface area contributed by atoms with Gasteiger partial charge in [-0.15, -0.1) is 0 Å².